The first-order valence-electron chi connectivity index (χ1n) is 10.9. The summed E-state index contributed by atoms with van der Waals surface area (Å²) in [7, 11) is 0. The van der Waals surface area contributed by atoms with Crippen LogP contribution in [0.4, 0.5) is 0 Å². The number of likely N-dealkylation sites (tertiary alicyclic amines) is 1. The number of nitrogens with zero attached hydrogens (tertiary/aromatic N) is 4. The molecule has 2 aromatic rings. The number of rotatable bonds is 2. The van der Waals surface area contributed by atoms with E-state index in [-0.39, 0.29) is 23.7 Å². The van der Waals surface area contributed by atoms with Crippen LogP contribution in [0.15, 0.2) is 24.3 Å². The van der Waals surface area contributed by atoms with E-state index in [4.69, 9.17) is 4.74 Å². The second kappa shape index (κ2) is 7.54. The zero-order valence-corrected chi connectivity index (χ0v) is 17.9. The fourth-order valence-electron chi connectivity index (χ4n) is 5.68. The highest BCUT2D eigenvalue weighted by molar-refractivity contribution is 5.85. The second-order valence-corrected chi connectivity index (χ2v) is 8.91. The van der Waals surface area contributed by atoms with E-state index in [1.165, 1.54) is 5.56 Å². The van der Waals surface area contributed by atoms with Gasteiger partial charge >= 0.3 is 0 Å². The SMILES string of the molecule is Cl.O=C(C1CC12CCOc1ccccc12)N1CCC(c2nnc3n2CCNC3)CC1. The van der Waals surface area contributed by atoms with Crippen molar-refractivity contribution in [3.8, 4) is 5.75 Å². The van der Waals surface area contributed by atoms with Gasteiger partial charge in [0.15, 0.2) is 0 Å². The highest BCUT2D eigenvalue weighted by atomic mass is 35.5. The molecule has 4 heterocycles. The van der Waals surface area contributed by atoms with E-state index in [1.54, 1.807) is 0 Å². The van der Waals surface area contributed by atoms with Crippen molar-refractivity contribution < 1.29 is 9.53 Å². The summed E-state index contributed by atoms with van der Waals surface area (Å²) in [5, 5.41) is 12.2. The van der Waals surface area contributed by atoms with Gasteiger partial charge in [-0.25, -0.2) is 0 Å². The molecule has 2 atom stereocenters. The molecule has 1 saturated heterocycles. The van der Waals surface area contributed by atoms with E-state index >= 15 is 0 Å². The Bertz CT molecular complexity index is 955. The summed E-state index contributed by atoms with van der Waals surface area (Å²) in [6.07, 6.45) is 3.89. The number of hydrogen-bond donors (Lipinski definition) is 1. The van der Waals surface area contributed by atoms with E-state index in [0.29, 0.717) is 11.8 Å². The van der Waals surface area contributed by atoms with Gasteiger partial charge in [-0.1, -0.05) is 18.2 Å². The highest BCUT2D eigenvalue weighted by Gasteiger charge is 2.61. The van der Waals surface area contributed by atoms with E-state index in [9.17, 15) is 4.79 Å². The van der Waals surface area contributed by atoms with Gasteiger partial charge in [0.05, 0.1) is 13.2 Å². The normalized spacial score (nSPS) is 27.6. The zero-order chi connectivity index (χ0) is 19.4. The van der Waals surface area contributed by atoms with Crippen molar-refractivity contribution in [3.63, 3.8) is 0 Å². The van der Waals surface area contributed by atoms with E-state index < -0.39 is 0 Å². The molecule has 160 valence electrons. The first-order valence-corrected chi connectivity index (χ1v) is 10.9. The fourth-order valence-corrected chi connectivity index (χ4v) is 5.68. The average molecular weight is 430 g/mol. The maximum absolute atomic E-state index is 13.3. The Morgan fingerprint density at radius 2 is 2.00 bits per heavy atom. The maximum atomic E-state index is 13.3. The van der Waals surface area contributed by atoms with E-state index in [0.717, 1.165) is 82.4 Å². The number of piperidine rings is 1. The first kappa shape index (κ1) is 19.8. The molecule has 0 bridgehead atoms. The van der Waals surface area contributed by atoms with Crippen LogP contribution in [0.1, 0.15) is 48.8 Å². The Kier molecular flexibility index (Phi) is 4.98. The summed E-state index contributed by atoms with van der Waals surface area (Å²) in [5.41, 5.74) is 1.25. The number of halogens is 1. The molecule has 8 heteroatoms. The molecule has 4 aliphatic rings. The number of aromatic nitrogens is 3. The Morgan fingerprint density at radius 1 is 1.17 bits per heavy atom. The number of carbonyl (C=O) groups excluding carboxylic acids is 1. The Balaban J connectivity index is 0.00000193. The van der Waals surface area contributed by atoms with Crippen molar-refractivity contribution in [3.05, 3.63) is 41.5 Å². The number of carbonyl (C=O) groups is 1. The van der Waals surface area contributed by atoms with Crippen LogP contribution in [-0.4, -0.2) is 51.8 Å². The van der Waals surface area contributed by atoms with Crippen molar-refractivity contribution in [2.24, 2.45) is 5.92 Å². The Labute approximate surface area is 182 Å². The van der Waals surface area contributed by atoms with Crippen molar-refractivity contribution >= 4 is 18.3 Å². The quantitative estimate of drug-likeness (QED) is 0.792. The molecule has 2 fully saturated rings. The van der Waals surface area contributed by atoms with Gasteiger partial charge in [0.2, 0.25) is 5.91 Å². The molecule has 1 amide bonds. The number of benzene rings is 1. The number of ether oxygens (including phenoxy) is 1. The second-order valence-electron chi connectivity index (χ2n) is 8.91. The van der Waals surface area contributed by atoms with Crippen molar-refractivity contribution in [1.29, 1.82) is 0 Å². The molecule has 1 aromatic carbocycles. The smallest absolute Gasteiger partial charge is 0.226 e. The lowest BCUT2D eigenvalue weighted by Crippen LogP contribution is -2.41. The predicted molar refractivity (Wildman–Crippen MR) is 114 cm³/mol. The van der Waals surface area contributed by atoms with Gasteiger partial charge in [0.1, 0.15) is 17.4 Å². The number of hydrogen-bond acceptors (Lipinski definition) is 5. The molecule has 30 heavy (non-hydrogen) atoms. The summed E-state index contributed by atoms with van der Waals surface area (Å²) in [6, 6.07) is 8.27. The molecule has 1 saturated carbocycles. The van der Waals surface area contributed by atoms with Crippen LogP contribution in [0.3, 0.4) is 0 Å². The van der Waals surface area contributed by atoms with Crippen LogP contribution >= 0.6 is 12.4 Å². The molecule has 0 radical (unpaired) electrons. The molecule has 1 spiro atoms. The third kappa shape index (κ3) is 3.02. The van der Waals surface area contributed by atoms with Gasteiger partial charge in [-0.15, -0.1) is 22.6 Å². The monoisotopic (exact) mass is 429 g/mol. The maximum Gasteiger partial charge on any atom is 0.226 e. The third-order valence-electron chi connectivity index (χ3n) is 7.43. The van der Waals surface area contributed by atoms with Gasteiger partial charge in [0, 0.05) is 49.0 Å². The minimum atomic E-state index is 0. The van der Waals surface area contributed by atoms with Crippen LogP contribution in [0.25, 0.3) is 0 Å². The van der Waals surface area contributed by atoms with Crippen molar-refractivity contribution in [2.75, 3.05) is 26.2 Å². The molecular formula is C22H28ClN5O2. The van der Waals surface area contributed by atoms with E-state index in [2.05, 4.69) is 37.1 Å². The first-order chi connectivity index (χ1) is 14.3. The average Bonchev–Trinajstić information content (AvgIpc) is 3.32. The number of nitrogens with one attached hydrogen (secondary N) is 1. The summed E-state index contributed by atoms with van der Waals surface area (Å²) in [4.78, 5) is 15.4. The minimum Gasteiger partial charge on any atom is -0.493 e. The van der Waals surface area contributed by atoms with Crippen molar-refractivity contribution in [1.82, 2.24) is 25.0 Å². The van der Waals surface area contributed by atoms with Crippen molar-refractivity contribution in [2.45, 2.75) is 50.1 Å². The van der Waals surface area contributed by atoms with Gasteiger partial charge in [0.25, 0.3) is 0 Å². The molecule has 1 aliphatic carbocycles. The number of fused-ring (bicyclic) bond motifs is 3. The van der Waals surface area contributed by atoms with Crippen LogP contribution in [0, 0.1) is 5.92 Å². The van der Waals surface area contributed by atoms with Crippen LogP contribution in [0.5, 0.6) is 5.75 Å². The topological polar surface area (TPSA) is 72.3 Å². The van der Waals surface area contributed by atoms with Crippen LogP contribution in [-0.2, 0) is 23.3 Å². The molecule has 6 rings (SSSR count). The Morgan fingerprint density at radius 3 is 2.87 bits per heavy atom. The number of para-hydroxylation sites is 1. The van der Waals surface area contributed by atoms with Crippen LogP contribution < -0.4 is 10.1 Å². The van der Waals surface area contributed by atoms with Gasteiger partial charge < -0.3 is 19.5 Å². The summed E-state index contributed by atoms with van der Waals surface area (Å²) >= 11 is 0. The highest BCUT2D eigenvalue weighted by Crippen LogP contribution is 2.61. The zero-order valence-electron chi connectivity index (χ0n) is 17.0. The third-order valence-corrected chi connectivity index (χ3v) is 7.43. The largest absolute Gasteiger partial charge is 0.493 e. The summed E-state index contributed by atoms with van der Waals surface area (Å²) < 4.78 is 8.11. The van der Waals surface area contributed by atoms with Crippen LogP contribution in [0.2, 0.25) is 0 Å². The molecule has 7 nitrogen and oxygen atoms in total. The lowest BCUT2D eigenvalue weighted by molar-refractivity contribution is -0.134. The predicted octanol–water partition coefficient (Wildman–Crippen LogP) is 2.25. The molecule has 1 aromatic heterocycles. The summed E-state index contributed by atoms with van der Waals surface area (Å²) in [5.74, 6) is 4.01. The Hall–Kier alpha value is -2.12. The fraction of sp³-hybridized carbons (Fsp3) is 0.591. The minimum absolute atomic E-state index is 0. The molecular weight excluding hydrogens is 402 g/mol. The van der Waals surface area contributed by atoms with Gasteiger partial charge in [-0.05, 0) is 31.7 Å². The molecule has 3 aliphatic heterocycles. The lowest BCUT2D eigenvalue weighted by atomic mass is 9.87. The van der Waals surface area contributed by atoms with Gasteiger partial charge in [-0.3, -0.25) is 4.79 Å². The van der Waals surface area contributed by atoms with E-state index in [1.807, 2.05) is 12.1 Å². The standard InChI is InChI=1S/C22H27N5O2.ClH/c28-21(17-13-22(17)7-12-29-18-4-2-1-3-16(18)22)26-9-5-15(6-10-26)20-25-24-19-14-23-8-11-27(19)20;/h1-4,15,17,23H,5-14H2;1H. The summed E-state index contributed by atoms with van der Waals surface area (Å²) in [6.45, 7) is 5.10. The molecule has 2 unspecified atom stereocenters. The lowest BCUT2D eigenvalue weighted by Gasteiger charge is -2.33. The molecule has 1 N–H and O–H groups in total. The van der Waals surface area contributed by atoms with Gasteiger partial charge in [-0.2, -0.15) is 0 Å². The number of amides is 1.